The van der Waals surface area contributed by atoms with Crippen molar-refractivity contribution in [2.75, 3.05) is 6.61 Å². The Morgan fingerprint density at radius 1 is 1.17 bits per heavy atom. The summed E-state index contributed by atoms with van der Waals surface area (Å²) >= 11 is 6.06. The lowest BCUT2D eigenvalue weighted by atomic mass is 9.92. The van der Waals surface area contributed by atoms with Crippen LogP contribution in [0.15, 0.2) is 42.5 Å². The summed E-state index contributed by atoms with van der Waals surface area (Å²) in [6.07, 6.45) is 5.03. The highest BCUT2D eigenvalue weighted by molar-refractivity contribution is 6.31. The van der Waals surface area contributed by atoms with E-state index in [0.29, 0.717) is 21.9 Å². The molecule has 29 heavy (non-hydrogen) atoms. The van der Waals surface area contributed by atoms with Gasteiger partial charge in [-0.3, -0.25) is 4.79 Å². The number of nitriles is 1. The van der Waals surface area contributed by atoms with Crippen LogP contribution in [0, 0.1) is 11.3 Å². The Kier molecular flexibility index (Phi) is 7.51. The van der Waals surface area contributed by atoms with Crippen molar-refractivity contribution in [1.82, 2.24) is 5.32 Å². The Labute approximate surface area is 176 Å². The molecule has 0 aliphatic heterocycles. The van der Waals surface area contributed by atoms with Gasteiger partial charge in [0.05, 0.1) is 16.7 Å². The fraction of sp³-hybridized carbons (Fsp3) is 0.391. The van der Waals surface area contributed by atoms with Gasteiger partial charge in [-0.05, 0) is 68.4 Å². The smallest absolute Gasteiger partial charge is 0.251 e. The predicted molar refractivity (Wildman–Crippen MR) is 112 cm³/mol. The number of benzene rings is 2. The second kappa shape index (κ2) is 10.3. The Balaban J connectivity index is 1.46. The first kappa shape index (κ1) is 21.2. The lowest BCUT2D eigenvalue weighted by Gasteiger charge is -2.29. The normalized spacial score (nSPS) is 18.7. The van der Waals surface area contributed by atoms with Crippen molar-refractivity contribution >= 4 is 17.5 Å². The summed E-state index contributed by atoms with van der Waals surface area (Å²) in [4.78, 5) is 12.5. The number of ether oxygens (including phenoxy) is 1. The van der Waals surface area contributed by atoms with E-state index in [1.165, 1.54) is 0 Å². The van der Waals surface area contributed by atoms with Crippen LogP contribution in [0.25, 0.3) is 0 Å². The number of hydrogen-bond donors (Lipinski definition) is 2. The van der Waals surface area contributed by atoms with E-state index in [0.717, 1.165) is 44.1 Å². The van der Waals surface area contributed by atoms with Crippen molar-refractivity contribution in [1.29, 1.82) is 5.26 Å². The number of aliphatic hydroxyl groups excluding tert-OH is 1. The highest BCUT2D eigenvalue weighted by atomic mass is 35.5. The van der Waals surface area contributed by atoms with Crippen molar-refractivity contribution in [3.8, 4) is 11.8 Å². The van der Waals surface area contributed by atoms with Gasteiger partial charge in [-0.25, -0.2) is 0 Å². The molecule has 2 aromatic rings. The van der Waals surface area contributed by atoms with Crippen LogP contribution in [-0.2, 0) is 6.42 Å². The van der Waals surface area contributed by atoms with Gasteiger partial charge in [-0.15, -0.1) is 0 Å². The molecule has 6 heteroatoms. The zero-order valence-electron chi connectivity index (χ0n) is 16.2. The van der Waals surface area contributed by atoms with Crippen molar-refractivity contribution in [3.63, 3.8) is 0 Å². The molecule has 1 aliphatic carbocycles. The molecule has 0 aromatic heterocycles. The molecule has 0 heterocycles. The van der Waals surface area contributed by atoms with Gasteiger partial charge in [0.15, 0.2) is 0 Å². The summed E-state index contributed by atoms with van der Waals surface area (Å²) in [7, 11) is 0. The van der Waals surface area contributed by atoms with Gasteiger partial charge in [-0.2, -0.15) is 5.26 Å². The second-order valence-electron chi connectivity index (χ2n) is 7.34. The molecule has 2 N–H and O–H groups in total. The molecule has 0 unspecified atom stereocenters. The van der Waals surface area contributed by atoms with E-state index in [1.807, 2.05) is 30.3 Å². The molecular formula is C23H25ClN2O3. The first-order chi connectivity index (χ1) is 14.1. The fourth-order valence-electron chi connectivity index (χ4n) is 3.55. The average molecular weight is 413 g/mol. The minimum absolute atomic E-state index is 0.0537. The van der Waals surface area contributed by atoms with Crippen molar-refractivity contribution in [3.05, 3.63) is 64.2 Å². The van der Waals surface area contributed by atoms with Crippen LogP contribution in [0.3, 0.4) is 0 Å². The van der Waals surface area contributed by atoms with Gasteiger partial charge in [0.1, 0.15) is 11.8 Å². The summed E-state index contributed by atoms with van der Waals surface area (Å²) in [5, 5.41) is 21.4. The molecule has 1 amide bonds. The monoisotopic (exact) mass is 412 g/mol. The number of nitrogens with one attached hydrogen (secondary N) is 1. The average Bonchev–Trinajstić information content (AvgIpc) is 2.74. The molecule has 0 spiro atoms. The third-order valence-corrected chi connectivity index (χ3v) is 5.53. The minimum Gasteiger partial charge on any atom is -0.490 e. The number of aryl methyl sites for hydroxylation is 1. The third kappa shape index (κ3) is 5.96. The minimum atomic E-state index is -0.0537. The van der Waals surface area contributed by atoms with Crippen LogP contribution >= 0.6 is 11.6 Å². The second-order valence-corrected chi connectivity index (χ2v) is 7.75. The highest BCUT2D eigenvalue weighted by Gasteiger charge is 2.24. The number of aliphatic hydroxyl groups is 1. The molecule has 2 aromatic carbocycles. The van der Waals surface area contributed by atoms with Gasteiger partial charge < -0.3 is 15.2 Å². The van der Waals surface area contributed by atoms with Crippen LogP contribution in [0.5, 0.6) is 5.75 Å². The van der Waals surface area contributed by atoms with Gasteiger partial charge in [0, 0.05) is 24.3 Å². The summed E-state index contributed by atoms with van der Waals surface area (Å²) in [5.41, 5.74) is 2.21. The van der Waals surface area contributed by atoms with Crippen LogP contribution < -0.4 is 10.1 Å². The summed E-state index contributed by atoms with van der Waals surface area (Å²) in [5.74, 6) is 0.615. The summed E-state index contributed by atoms with van der Waals surface area (Å²) in [6.45, 7) is 0.173. The molecule has 0 radical (unpaired) electrons. The van der Waals surface area contributed by atoms with Crippen LogP contribution in [0.1, 0.15) is 53.6 Å². The molecular weight excluding hydrogens is 388 g/mol. The van der Waals surface area contributed by atoms with Crippen molar-refractivity contribution < 1.29 is 14.6 Å². The maximum atomic E-state index is 12.5. The van der Waals surface area contributed by atoms with Crippen molar-refractivity contribution in [2.24, 2.45) is 0 Å². The number of halogens is 1. The standard InChI is InChI=1S/C23H25ClN2O3/c24-22-14-21(10-7-18(22)15-25)29-20-11-8-19(9-12-20)26-23(28)17-5-3-16(4-6-17)2-1-13-27/h3-7,10,14,19-20,27H,1-2,8-9,11-13H2,(H,26,28)/t19-,20-. The summed E-state index contributed by atoms with van der Waals surface area (Å²) in [6, 6.07) is 14.9. The Morgan fingerprint density at radius 2 is 1.90 bits per heavy atom. The lowest BCUT2D eigenvalue weighted by molar-refractivity contribution is 0.0894. The Morgan fingerprint density at radius 3 is 2.52 bits per heavy atom. The number of carbonyl (C=O) groups excluding carboxylic acids is 1. The lowest BCUT2D eigenvalue weighted by Crippen LogP contribution is -2.39. The van der Waals surface area contributed by atoms with E-state index in [-0.39, 0.29) is 24.7 Å². The molecule has 1 saturated carbocycles. The molecule has 1 fully saturated rings. The molecule has 3 rings (SSSR count). The maximum Gasteiger partial charge on any atom is 0.251 e. The molecule has 0 atom stereocenters. The molecule has 0 bridgehead atoms. The predicted octanol–water partition coefficient (Wildman–Crippen LogP) is 4.26. The summed E-state index contributed by atoms with van der Waals surface area (Å²) < 4.78 is 5.99. The van der Waals surface area contributed by atoms with E-state index in [1.54, 1.807) is 18.2 Å². The van der Waals surface area contributed by atoms with Gasteiger partial charge in [0.25, 0.3) is 5.91 Å². The number of hydrogen-bond acceptors (Lipinski definition) is 4. The number of rotatable bonds is 7. The first-order valence-corrected chi connectivity index (χ1v) is 10.3. The third-order valence-electron chi connectivity index (χ3n) is 5.21. The van der Waals surface area contributed by atoms with Gasteiger partial charge in [-0.1, -0.05) is 23.7 Å². The number of amides is 1. The quantitative estimate of drug-likeness (QED) is 0.711. The largest absolute Gasteiger partial charge is 0.490 e. The molecule has 5 nitrogen and oxygen atoms in total. The van der Waals surface area contributed by atoms with E-state index in [2.05, 4.69) is 5.32 Å². The van der Waals surface area contributed by atoms with Gasteiger partial charge in [0.2, 0.25) is 0 Å². The number of carbonyl (C=O) groups is 1. The van der Waals surface area contributed by atoms with E-state index in [4.69, 9.17) is 26.7 Å². The van der Waals surface area contributed by atoms with Crippen LogP contribution in [0.4, 0.5) is 0 Å². The topological polar surface area (TPSA) is 82.3 Å². The molecule has 152 valence electrons. The molecule has 1 aliphatic rings. The van der Waals surface area contributed by atoms with E-state index in [9.17, 15) is 4.79 Å². The van der Waals surface area contributed by atoms with E-state index >= 15 is 0 Å². The Hall–Kier alpha value is -2.55. The zero-order chi connectivity index (χ0) is 20.6. The Bertz CT molecular complexity index is 869. The molecule has 0 saturated heterocycles. The van der Waals surface area contributed by atoms with Gasteiger partial charge >= 0.3 is 0 Å². The first-order valence-electron chi connectivity index (χ1n) is 9.96. The zero-order valence-corrected chi connectivity index (χ0v) is 17.0. The fourth-order valence-corrected chi connectivity index (χ4v) is 3.76. The van der Waals surface area contributed by atoms with E-state index < -0.39 is 0 Å². The van der Waals surface area contributed by atoms with Crippen LogP contribution in [0.2, 0.25) is 5.02 Å². The number of nitrogens with zero attached hydrogens (tertiary/aromatic N) is 1. The maximum absolute atomic E-state index is 12.5. The SMILES string of the molecule is N#Cc1ccc(O[C@H]2CC[C@H](NC(=O)c3ccc(CCCO)cc3)CC2)cc1Cl. The highest BCUT2D eigenvalue weighted by Crippen LogP contribution is 2.27. The van der Waals surface area contributed by atoms with Crippen molar-refractivity contribution in [2.45, 2.75) is 50.7 Å². The van der Waals surface area contributed by atoms with Crippen LogP contribution in [-0.4, -0.2) is 29.8 Å².